The van der Waals surface area contributed by atoms with Crippen molar-refractivity contribution in [2.75, 3.05) is 5.84 Å². The maximum atomic E-state index is 6.08. The van der Waals surface area contributed by atoms with E-state index in [9.17, 15) is 0 Å². The standard InChI is InChI=1S/C15H17ClN6OS/c1-9(2)7-13-18-12(21-23-13)8-24-15-20-19-14(22(15)17)10-3-5-11(16)6-4-10/h3-6,9H,7-8,17H2,1-2H3. The molecule has 0 aliphatic carbocycles. The van der Waals surface area contributed by atoms with Crippen LogP contribution >= 0.6 is 23.4 Å². The minimum atomic E-state index is 0.472. The van der Waals surface area contributed by atoms with Gasteiger partial charge < -0.3 is 10.4 Å². The molecule has 126 valence electrons. The minimum absolute atomic E-state index is 0.472. The highest BCUT2D eigenvalue weighted by molar-refractivity contribution is 7.98. The Labute approximate surface area is 148 Å². The zero-order valence-electron chi connectivity index (χ0n) is 13.3. The molecule has 3 rings (SSSR count). The summed E-state index contributed by atoms with van der Waals surface area (Å²) in [6.07, 6.45) is 0.769. The van der Waals surface area contributed by atoms with Gasteiger partial charge in [-0.25, -0.2) is 4.68 Å². The predicted octanol–water partition coefficient (Wildman–Crippen LogP) is 3.19. The first kappa shape index (κ1) is 16.8. The quantitative estimate of drug-likeness (QED) is 0.530. The summed E-state index contributed by atoms with van der Waals surface area (Å²) in [7, 11) is 0. The first-order valence-corrected chi connectivity index (χ1v) is 8.80. The van der Waals surface area contributed by atoms with Crippen LogP contribution in [-0.2, 0) is 12.2 Å². The van der Waals surface area contributed by atoms with Gasteiger partial charge >= 0.3 is 0 Å². The van der Waals surface area contributed by atoms with E-state index in [-0.39, 0.29) is 0 Å². The Morgan fingerprint density at radius 3 is 2.71 bits per heavy atom. The van der Waals surface area contributed by atoms with E-state index >= 15 is 0 Å². The topological polar surface area (TPSA) is 95.7 Å². The molecule has 0 fully saturated rings. The van der Waals surface area contributed by atoms with Crippen LogP contribution in [0.2, 0.25) is 5.02 Å². The molecular weight excluding hydrogens is 348 g/mol. The van der Waals surface area contributed by atoms with Crippen molar-refractivity contribution < 1.29 is 4.52 Å². The molecule has 0 amide bonds. The van der Waals surface area contributed by atoms with Crippen LogP contribution in [0.4, 0.5) is 0 Å². The second-order valence-corrected chi connectivity index (χ2v) is 7.05. The molecule has 0 radical (unpaired) electrons. The Morgan fingerprint density at radius 2 is 2.00 bits per heavy atom. The summed E-state index contributed by atoms with van der Waals surface area (Å²) in [6.45, 7) is 4.21. The lowest BCUT2D eigenvalue weighted by atomic mass is 10.1. The van der Waals surface area contributed by atoms with Crippen molar-refractivity contribution in [2.45, 2.75) is 31.2 Å². The van der Waals surface area contributed by atoms with Gasteiger partial charge in [0.1, 0.15) is 0 Å². The van der Waals surface area contributed by atoms with E-state index in [1.165, 1.54) is 16.4 Å². The molecule has 0 spiro atoms. The lowest BCUT2D eigenvalue weighted by molar-refractivity contribution is 0.360. The number of rotatable bonds is 6. The first-order valence-electron chi connectivity index (χ1n) is 7.43. The largest absolute Gasteiger partial charge is 0.339 e. The van der Waals surface area contributed by atoms with Crippen molar-refractivity contribution in [1.29, 1.82) is 0 Å². The number of nitrogens with two attached hydrogens (primary N) is 1. The fourth-order valence-corrected chi connectivity index (χ4v) is 2.91. The Kier molecular flexibility index (Phi) is 5.06. The average molecular weight is 365 g/mol. The minimum Gasteiger partial charge on any atom is -0.339 e. The maximum Gasteiger partial charge on any atom is 0.226 e. The van der Waals surface area contributed by atoms with Crippen molar-refractivity contribution in [3.8, 4) is 11.4 Å². The molecule has 1 aromatic carbocycles. The summed E-state index contributed by atoms with van der Waals surface area (Å²) in [5.74, 6) is 8.90. The number of nitrogen functional groups attached to an aromatic ring is 1. The van der Waals surface area contributed by atoms with E-state index in [2.05, 4.69) is 34.2 Å². The molecule has 0 saturated heterocycles. The maximum absolute atomic E-state index is 6.08. The number of hydrogen-bond acceptors (Lipinski definition) is 7. The Morgan fingerprint density at radius 1 is 1.25 bits per heavy atom. The molecule has 24 heavy (non-hydrogen) atoms. The highest BCUT2D eigenvalue weighted by Gasteiger charge is 2.14. The molecule has 0 bridgehead atoms. The van der Waals surface area contributed by atoms with Crippen LogP contribution in [0.1, 0.15) is 25.6 Å². The summed E-state index contributed by atoms with van der Waals surface area (Å²) in [5, 5.41) is 13.5. The number of halogens is 1. The summed E-state index contributed by atoms with van der Waals surface area (Å²) in [5.41, 5.74) is 0.847. The zero-order valence-corrected chi connectivity index (χ0v) is 14.9. The van der Waals surface area contributed by atoms with Gasteiger partial charge in [0.2, 0.25) is 11.0 Å². The van der Waals surface area contributed by atoms with E-state index in [1.807, 2.05) is 12.1 Å². The van der Waals surface area contributed by atoms with Crippen LogP contribution in [0, 0.1) is 5.92 Å². The van der Waals surface area contributed by atoms with Crippen molar-refractivity contribution >= 4 is 23.4 Å². The number of aromatic nitrogens is 5. The molecule has 0 saturated carbocycles. The lowest BCUT2D eigenvalue weighted by Gasteiger charge is -2.02. The smallest absolute Gasteiger partial charge is 0.226 e. The summed E-state index contributed by atoms with van der Waals surface area (Å²) in [4.78, 5) is 4.36. The molecule has 2 aromatic heterocycles. The number of benzene rings is 1. The zero-order chi connectivity index (χ0) is 17.1. The third kappa shape index (κ3) is 3.88. The van der Waals surface area contributed by atoms with Crippen LogP contribution in [0.5, 0.6) is 0 Å². The van der Waals surface area contributed by atoms with E-state index < -0.39 is 0 Å². The second-order valence-electron chi connectivity index (χ2n) is 5.67. The van der Waals surface area contributed by atoms with Gasteiger partial charge in [-0.1, -0.05) is 42.4 Å². The molecule has 0 unspecified atom stereocenters. The van der Waals surface area contributed by atoms with Gasteiger partial charge in [0, 0.05) is 17.0 Å². The van der Waals surface area contributed by atoms with Gasteiger partial charge in [0.05, 0.1) is 5.75 Å². The van der Waals surface area contributed by atoms with Crippen LogP contribution in [-0.4, -0.2) is 25.0 Å². The van der Waals surface area contributed by atoms with Gasteiger partial charge in [-0.15, -0.1) is 10.2 Å². The summed E-state index contributed by atoms with van der Waals surface area (Å²) >= 11 is 7.30. The Balaban J connectivity index is 1.68. The van der Waals surface area contributed by atoms with Crippen LogP contribution in [0.15, 0.2) is 33.9 Å². The molecular formula is C15H17ClN6OS. The normalized spacial score (nSPS) is 11.3. The van der Waals surface area contributed by atoms with E-state index in [4.69, 9.17) is 22.0 Å². The van der Waals surface area contributed by atoms with Gasteiger partial charge in [-0.3, -0.25) is 0 Å². The lowest BCUT2D eigenvalue weighted by Crippen LogP contribution is -2.11. The Hall–Kier alpha value is -2.06. The third-order valence-electron chi connectivity index (χ3n) is 3.19. The van der Waals surface area contributed by atoms with Crippen molar-refractivity contribution in [1.82, 2.24) is 25.0 Å². The highest BCUT2D eigenvalue weighted by atomic mass is 35.5. The van der Waals surface area contributed by atoms with E-state index in [0.717, 1.165) is 12.0 Å². The SMILES string of the molecule is CC(C)Cc1nc(CSc2nnc(-c3ccc(Cl)cc3)n2N)no1. The second kappa shape index (κ2) is 7.23. The molecule has 2 N–H and O–H groups in total. The number of nitrogens with zero attached hydrogens (tertiary/aromatic N) is 5. The molecule has 3 aromatic rings. The van der Waals surface area contributed by atoms with Crippen LogP contribution < -0.4 is 5.84 Å². The van der Waals surface area contributed by atoms with Crippen LogP contribution in [0.25, 0.3) is 11.4 Å². The number of hydrogen-bond donors (Lipinski definition) is 1. The van der Waals surface area contributed by atoms with Crippen molar-refractivity contribution in [2.24, 2.45) is 5.92 Å². The fourth-order valence-electron chi connectivity index (χ4n) is 2.08. The van der Waals surface area contributed by atoms with Gasteiger partial charge in [0.15, 0.2) is 11.6 Å². The molecule has 7 nitrogen and oxygen atoms in total. The van der Waals surface area contributed by atoms with Crippen molar-refractivity contribution in [3.05, 3.63) is 41.0 Å². The first-order chi connectivity index (χ1) is 11.5. The highest BCUT2D eigenvalue weighted by Crippen LogP contribution is 2.24. The Bertz CT molecular complexity index is 814. The van der Waals surface area contributed by atoms with Gasteiger partial charge in [0.25, 0.3) is 0 Å². The molecule has 0 aliphatic heterocycles. The predicted molar refractivity (Wildman–Crippen MR) is 93.0 cm³/mol. The molecule has 2 heterocycles. The van der Waals surface area contributed by atoms with Gasteiger partial charge in [-0.2, -0.15) is 4.98 Å². The van der Waals surface area contributed by atoms with Crippen LogP contribution in [0.3, 0.4) is 0 Å². The van der Waals surface area contributed by atoms with Crippen molar-refractivity contribution in [3.63, 3.8) is 0 Å². The molecule has 9 heteroatoms. The van der Waals surface area contributed by atoms with E-state index in [1.54, 1.807) is 12.1 Å². The summed E-state index contributed by atoms with van der Waals surface area (Å²) in [6, 6.07) is 7.27. The third-order valence-corrected chi connectivity index (χ3v) is 4.38. The average Bonchev–Trinajstić information content (AvgIpc) is 3.12. The summed E-state index contributed by atoms with van der Waals surface area (Å²) < 4.78 is 6.67. The number of thioether (sulfide) groups is 1. The molecule has 0 atom stereocenters. The van der Waals surface area contributed by atoms with E-state index in [0.29, 0.717) is 39.4 Å². The van der Waals surface area contributed by atoms with Gasteiger partial charge in [-0.05, 0) is 30.2 Å². The fraction of sp³-hybridized carbons (Fsp3) is 0.333. The molecule has 0 aliphatic rings. The monoisotopic (exact) mass is 364 g/mol.